The molecule has 1 heterocycles. The first-order valence-corrected chi connectivity index (χ1v) is 6.88. The minimum Gasteiger partial charge on any atom is -0.383 e. The summed E-state index contributed by atoms with van der Waals surface area (Å²) in [5.74, 6) is 0.896. The molecule has 0 fully saturated rings. The molecule has 18 heavy (non-hydrogen) atoms. The van der Waals surface area contributed by atoms with Crippen LogP contribution in [0.2, 0.25) is 0 Å². The molecule has 0 saturated carbocycles. The third kappa shape index (κ3) is 3.00. The zero-order valence-electron chi connectivity index (χ0n) is 9.96. The van der Waals surface area contributed by atoms with Gasteiger partial charge in [0.25, 0.3) is 0 Å². The number of anilines is 3. The third-order valence-electron chi connectivity index (χ3n) is 2.41. The summed E-state index contributed by atoms with van der Waals surface area (Å²) in [7, 11) is 0. The molecule has 0 amide bonds. The van der Waals surface area contributed by atoms with E-state index in [-0.39, 0.29) is 0 Å². The highest BCUT2D eigenvalue weighted by atomic mass is 79.9. The van der Waals surface area contributed by atoms with Crippen LogP contribution in [0.5, 0.6) is 0 Å². The van der Waals surface area contributed by atoms with Gasteiger partial charge in [-0.3, -0.25) is 0 Å². The van der Waals surface area contributed by atoms with E-state index in [2.05, 4.69) is 47.1 Å². The summed E-state index contributed by atoms with van der Waals surface area (Å²) in [5, 5.41) is 3.14. The van der Waals surface area contributed by atoms with Crippen molar-refractivity contribution in [2.24, 2.45) is 0 Å². The minimum atomic E-state index is 0.421. The van der Waals surface area contributed by atoms with Gasteiger partial charge in [-0.05, 0) is 53.0 Å². The molecule has 1 aromatic carbocycles. The van der Waals surface area contributed by atoms with Crippen molar-refractivity contribution in [1.82, 2.24) is 9.97 Å². The molecule has 2 aromatic rings. The average molecular weight is 372 g/mol. The van der Waals surface area contributed by atoms with Gasteiger partial charge < -0.3 is 11.1 Å². The molecule has 0 aliphatic rings. The molecule has 3 N–H and O–H groups in total. The second kappa shape index (κ2) is 5.24. The molecule has 0 spiro atoms. The van der Waals surface area contributed by atoms with Crippen molar-refractivity contribution in [3.63, 3.8) is 0 Å². The Bertz CT molecular complexity index is 555. The van der Waals surface area contributed by atoms with Gasteiger partial charge in [-0.15, -0.1) is 0 Å². The highest BCUT2D eigenvalue weighted by molar-refractivity contribution is 9.10. The van der Waals surface area contributed by atoms with Crippen LogP contribution in [0.25, 0.3) is 0 Å². The maximum absolute atomic E-state index is 5.67. The number of rotatable bonds is 2. The van der Waals surface area contributed by atoms with Crippen molar-refractivity contribution in [2.75, 3.05) is 11.1 Å². The predicted molar refractivity (Wildman–Crippen MR) is 81.0 cm³/mol. The normalized spacial score (nSPS) is 10.4. The Hall–Kier alpha value is -1.14. The van der Waals surface area contributed by atoms with Gasteiger partial charge in [-0.2, -0.15) is 4.98 Å². The summed E-state index contributed by atoms with van der Waals surface area (Å²) in [6, 6.07) is 5.71. The van der Waals surface area contributed by atoms with Gasteiger partial charge in [0.1, 0.15) is 10.4 Å². The zero-order valence-corrected chi connectivity index (χ0v) is 13.1. The lowest BCUT2D eigenvalue weighted by molar-refractivity contribution is 1.15. The van der Waals surface area contributed by atoms with Crippen LogP contribution < -0.4 is 11.1 Å². The lowest BCUT2D eigenvalue weighted by Crippen LogP contribution is -2.01. The second-order valence-electron chi connectivity index (χ2n) is 3.99. The lowest BCUT2D eigenvalue weighted by Gasteiger charge is -2.10. The lowest BCUT2D eigenvalue weighted by atomic mass is 10.1. The number of nitrogens with one attached hydrogen (secondary N) is 1. The first-order chi connectivity index (χ1) is 8.45. The molecule has 1 aromatic heterocycles. The van der Waals surface area contributed by atoms with Crippen molar-refractivity contribution >= 4 is 49.3 Å². The Morgan fingerprint density at radius 2 is 1.67 bits per heavy atom. The van der Waals surface area contributed by atoms with Crippen molar-refractivity contribution in [3.8, 4) is 0 Å². The van der Waals surface area contributed by atoms with E-state index in [1.54, 1.807) is 6.07 Å². The van der Waals surface area contributed by atoms with Gasteiger partial charge in [-0.1, -0.05) is 15.9 Å². The Labute approximate surface area is 122 Å². The standard InChI is InChI=1S/C12H12Br2N4/c1-6-3-8(4-7(2)11(6)14)16-12-17-9(13)5-10(15)18-12/h3-5H,1-2H3,(H3,15,16,17,18). The SMILES string of the molecule is Cc1cc(Nc2nc(N)cc(Br)n2)cc(C)c1Br. The number of nitrogen functional groups attached to an aromatic ring is 1. The van der Waals surface area contributed by atoms with Crippen LogP contribution in [-0.4, -0.2) is 9.97 Å². The predicted octanol–water partition coefficient (Wildman–Crippen LogP) is 3.94. The molecule has 0 radical (unpaired) electrons. The number of aromatic nitrogens is 2. The summed E-state index contributed by atoms with van der Waals surface area (Å²) >= 11 is 6.82. The van der Waals surface area contributed by atoms with E-state index in [0.717, 1.165) is 21.3 Å². The van der Waals surface area contributed by atoms with Gasteiger partial charge in [0, 0.05) is 16.2 Å². The van der Waals surface area contributed by atoms with E-state index in [4.69, 9.17) is 5.73 Å². The molecule has 0 aliphatic carbocycles. The molecule has 0 saturated heterocycles. The van der Waals surface area contributed by atoms with Crippen LogP contribution in [0.4, 0.5) is 17.5 Å². The van der Waals surface area contributed by atoms with E-state index in [0.29, 0.717) is 16.4 Å². The molecule has 0 atom stereocenters. The van der Waals surface area contributed by atoms with E-state index in [9.17, 15) is 0 Å². The molecular weight excluding hydrogens is 360 g/mol. The van der Waals surface area contributed by atoms with E-state index < -0.39 is 0 Å². The van der Waals surface area contributed by atoms with Crippen LogP contribution in [0.1, 0.15) is 11.1 Å². The Morgan fingerprint density at radius 1 is 1.06 bits per heavy atom. The smallest absolute Gasteiger partial charge is 0.230 e. The van der Waals surface area contributed by atoms with E-state index in [1.807, 2.05) is 26.0 Å². The molecule has 0 unspecified atom stereocenters. The Kier molecular flexibility index (Phi) is 3.87. The fourth-order valence-electron chi connectivity index (χ4n) is 1.64. The van der Waals surface area contributed by atoms with Gasteiger partial charge in [-0.25, -0.2) is 4.98 Å². The van der Waals surface area contributed by atoms with Crippen LogP contribution >= 0.6 is 31.9 Å². The number of hydrogen-bond acceptors (Lipinski definition) is 4. The maximum Gasteiger partial charge on any atom is 0.230 e. The van der Waals surface area contributed by atoms with Gasteiger partial charge >= 0.3 is 0 Å². The Morgan fingerprint density at radius 3 is 2.22 bits per heavy atom. The molecule has 4 nitrogen and oxygen atoms in total. The highest BCUT2D eigenvalue weighted by Crippen LogP contribution is 2.26. The monoisotopic (exact) mass is 370 g/mol. The highest BCUT2D eigenvalue weighted by Gasteiger charge is 2.05. The summed E-state index contributed by atoms with van der Waals surface area (Å²) in [6.07, 6.45) is 0. The molecule has 0 bridgehead atoms. The Balaban J connectivity index is 2.34. The van der Waals surface area contributed by atoms with Gasteiger partial charge in [0.15, 0.2) is 0 Å². The van der Waals surface area contributed by atoms with Crippen LogP contribution in [0, 0.1) is 13.8 Å². The summed E-state index contributed by atoms with van der Waals surface area (Å²) in [6.45, 7) is 4.08. The van der Waals surface area contributed by atoms with Gasteiger partial charge in [0.05, 0.1) is 0 Å². The average Bonchev–Trinajstić information content (AvgIpc) is 2.24. The van der Waals surface area contributed by atoms with Crippen molar-refractivity contribution in [2.45, 2.75) is 13.8 Å². The van der Waals surface area contributed by atoms with Crippen LogP contribution in [0.15, 0.2) is 27.3 Å². The fraction of sp³-hybridized carbons (Fsp3) is 0.167. The second-order valence-corrected chi connectivity index (χ2v) is 5.59. The number of aryl methyl sites for hydroxylation is 2. The molecule has 6 heteroatoms. The van der Waals surface area contributed by atoms with Crippen molar-refractivity contribution in [3.05, 3.63) is 38.4 Å². The molecule has 94 valence electrons. The third-order valence-corrected chi connectivity index (χ3v) is 4.06. The molecule has 2 rings (SSSR count). The zero-order chi connectivity index (χ0) is 13.3. The van der Waals surface area contributed by atoms with Crippen molar-refractivity contribution < 1.29 is 0 Å². The number of benzene rings is 1. The topological polar surface area (TPSA) is 63.8 Å². The van der Waals surface area contributed by atoms with Crippen molar-refractivity contribution in [1.29, 1.82) is 0 Å². The first-order valence-electron chi connectivity index (χ1n) is 5.29. The van der Waals surface area contributed by atoms with Gasteiger partial charge in [0.2, 0.25) is 5.95 Å². The summed E-state index contributed by atoms with van der Waals surface area (Å²) in [4.78, 5) is 8.34. The summed E-state index contributed by atoms with van der Waals surface area (Å²) < 4.78 is 1.77. The number of halogens is 2. The molecular formula is C12H12Br2N4. The van der Waals surface area contributed by atoms with Crippen LogP contribution in [0.3, 0.4) is 0 Å². The summed E-state index contributed by atoms with van der Waals surface area (Å²) in [5.41, 5.74) is 8.91. The quantitative estimate of drug-likeness (QED) is 0.784. The van der Waals surface area contributed by atoms with E-state index >= 15 is 0 Å². The first kappa shape index (κ1) is 13.3. The minimum absolute atomic E-state index is 0.421. The molecule has 0 aliphatic heterocycles. The fourth-order valence-corrected chi connectivity index (χ4v) is 2.27. The number of nitrogens with two attached hydrogens (primary N) is 1. The number of hydrogen-bond donors (Lipinski definition) is 2. The van der Waals surface area contributed by atoms with E-state index in [1.165, 1.54) is 0 Å². The number of nitrogens with zero attached hydrogens (tertiary/aromatic N) is 2. The largest absolute Gasteiger partial charge is 0.383 e. The van der Waals surface area contributed by atoms with Crippen LogP contribution in [-0.2, 0) is 0 Å². The maximum atomic E-state index is 5.67.